The third-order valence-corrected chi connectivity index (χ3v) is 5.23. The first-order valence-electron chi connectivity index (χ1n) is 7.44. The van der Waals surface area contributed by atoms with Crippen LogP contribution in [0.5, 0.6) is 0 Å². The highest BCUT2D eigenvalue weighted by Crippen LogP contribution is 2.35. The van der Waals surface area contributed by atoms with Gasteiger partial charge in [-0.05, 0) is 18.4 Å². The number of amides is 1. The van der Waals surface area contributed by atoms with Crippen molar-refractivity contribution in [2.45, 2.75) is 37.1 Å². The molecular formula is C16H22N2OS. The molecule has 1 saturated carbocycles. The molecule has 20 heavy (non-hydrogen) atoms. The van der Waals surface area contributed by atoms with Gasteiger partial charge in [0.2, 0.25) is 5.91 Å². The van der Waals surface area contributed by atoms with Gasteiger partial charge in [-0.2, -0.15) is 11.8 Å². The summed E-state index contributed by atoms with van der Waals surface area (Å²) in [6, 6.07) is 11.4. The lowest BCUT2D eigenvalue weighted by Crippen LogP contribution is -2.46. The van der Waals surface area contributed by atoms with E-state index in [9.17, 15) is 4.79 Å². The third-order valence-electron chi connectivity index (χ3n) is 4.03. The molecule has 1 saturated heterocycles. The van der Waals surface area contributed by atoms with Gasteiger partial charge < -0.3 is 5.32 Å². The fraction of sp³-hybridized carbons (Fsp3) is 0.562. The summed E-state index contributed by atoms with van der Waals surface area (Å²) >= 11 is 2.00. The summed E-state index contributed by atoms with van der Waals surface area (Å²) in [5.41, 5.74) is 1.33. The van der Waals surface area contributed by atoms with Gasteiger partial charge >= 0.3 is 0 Å². The average molecular weight is 290 g/mol. The molecule has 1 amide bonds. The van der Waals surface area contributed by atoms with Crippen molar-refractivity contribution in [2.75, 3.05) is 18.8 Å². The van der Waals surface area contributed by atoms with Gasteiger partial charge in [-0.1, -0.05) is 37.3 Å². The van der Waals surface area contributed by atoms with Crippen LogP contribution in [0.2, 0.25) is 0 Å². The summed E-state index contributed by atoms with van der Waals surface area (Å²) in [6.07, 6.45) is 2.31. The minimum atomic E-state index is 0.188. The summed E-state index contributed by atoms with van der Waals surface area (Å²) in [7, 11) is 0. The van der Waals surface area contributed by atoms with E-state index in [-0.39, 0.29) is 5.91 Å². The van der Waals surface area contributed by atoms with E-state index >= 15 is 0 Å². The molecular weight excluding hydrogens is 268 g/mol. The van der Waals surface area contributed by atoms with E-state index < -0.39 is 0 Å². The second-order valence-electron chi connectivity index (χ2n) is 5.74. The molecule has 1 aromatic carbocycles. The molecule has 3 nitrogen and oxygen atoms in total. The molecule has 4 heteroatoms. The Balaban J connectivity index is 1.70. The van der Waals surface area contributed by atoms with Crippen LogP contribution in [0.15, 0.2) is 30.3 Å². The molecule has 0 unspecified atom stereocenters. The molecule has 108 valence electrons. The SMILES string of the molecule is C[C@@H]1SCCN(CC(=O)NC2CC2)[C@H]1c1ccccc1. The van der Waals surface area contributed by atoms with Gasteiger partial charge in [-0.25, -0.2) is 0 Å². The summed E-state index contributed by atoms with van der Waals surface area (Å²) in [6.45, 7) is 3.79. The fourth-order valence-electron chi connectivity index (χ4n) is 2.88. The van der Waals surface area contributed by atoms with Crippen molar-refractivity contribution in [1.29, 1.82) is 0 Å². The van der Waals surface area contributed by atoms with Gasteiger partial charge in [0, 0.05) is 29.6 Å². The predicted molar refractivity (Wildman–Crippen MR) is 83.8 cm³/mol. The lowest BCUT2D eigenvalue weighted by molar-refractivity contribution is -0.123. The number of thioether (sulfide) groups is 1. The molecule has 1 heterocycles. The summed E-state index contributed by atoms with van der Waals surface area (Å²) in [5.74, 6) is 1.30. The molecule has 1 aromatic rings. The van der Waals surface area contributed by atoms with Crippen molar-refractivity contribution in [3.05, 3.63) is 35.9 Å². The Bertz CT molecular complexity index is 461. The zero-order chi connectivity index (χ0) is 13.9. The number of hydrogen-bond donors (Lipinski definition) is 1. The molecule has 3 rings (SSSR count). The zero-order valence-corrected chi connectivity index (χ0v) is 12.7. The van der Waals surface area contributed by atoms with Crippen LogP contribution in [-0.2, 0) is 4.79 Å². The topological polar surface area (TPSA) is 32.3 Å². The van der Waals surface area contributed by atoms with Gasteiger partial charge in [0.15, 0.2) is 0 Å². The maximum atomic E-state index is 12.1. The molecule has 1 aliphatic carbocycles. The second-order valence-corrected chi connectivity index (χ2v) is 7.23. The number of carbonyl (C=O) groups is 1. The van der Waals surface area contributed by atoms with E-state index in [1.165, 1.54) is 5.56 Å². The van der Waals surface area contributed by atoms with E-state index in [1.807, 2.05) is 17.8 Å². The van der Waals surface area contributed by atoms with E-state index in [2.05, 4.69) is 41.4 Å². The highest BCUT2D eigenvalue weighted by Gasteiger charge is 2.32. The van der Waals surface area contributed by atoms with Crippen LogP contribution in [-0.4, -0.2) is 40.9 Å². The molecule has 1 aliphatic heterocycles. The number of nitrogens with zero attached hydrogens (tertiary/aromatic N) is 1. The van der Waals surface area contributed by atoms with E-state index in [0.29, 0.717) is 23.9 Å². The Kier molecular flexibility index (Phi) is 4.32. The predicted octanol–water partition coefficient (Wildman–Crippen LogP) is 2.44. The van der Waals surface area contributed by atoms with Crippen molar-refractivity contribution >= 4 is 17.7 Å². The average Bonchev–Trinajstić information content (AvgIpc) is 3.23. The Morgan fingerprint density at radius 3 is 2.80 bits per heavy atom. The van der Waals surface area contributed by atoms with Crippen LogP contribution in [0.4, 0.5) is 0 Å². The fourth-order valence-corrected chi connectivity index (χ4v) is 4.10. The molecule has 0 aromatic heterocycles. The van der Waals surface area contributed by atoms with Crippen LogP contribution in [0.25, 0.3) is 0 Å². The van der Waals surface area contributed by atoms with Crippen molar-refractivity contribution in [1.82, 2.24) is 10.2 Å². The van der Waals surface area contributed by atoms with E-state index in [0.717, 1.165) is 25.1 Å². The van der Waals surface area contributed by atoms with Crippen LogP contribution in [0, 0.1) is 0 Å². The third kappa shape index (κ3) is 3.36. The van der Waals surface area contributed by atoms with Crippen LogP contribution < -0.4 is 5.32 Å². The molecule has 2 atom stereocenters. The van der Waals surface area contributed by atoms with E-state index in [1.54, 1.807) is 0 Å². The summed E-state index contributed by atoms with van der Waals surface area (Å²) in [4.78, 5) is 14.4. The highest BCUT2D eigenvalue weighted by molar-refractivity contribution is 8.00. The maximum Gasteiger partial charge on any atom is 0.234 e. The second kappa shape index (κ2) is 6.19. The molecule has 0 radical (unpaired) electrons. The quantitative estimate of drug-likeness (QED) is 0.924. The van der Waals surface area contributed by atoms with Crippen molar-refractivity contribution < 1.29 is 4.79 Å². The number of nitrogens with one attached hydrogen (secondary N) is 1. The van der Waals surface area contributed by atoms with Gasteiger partial charge in [0.1, 0.15) is 0 Å². The minimum absolute atomic E-state index is 0.188. The smallest absolute Gasteiger partial charge is 0.234 e. The lowest BCUT2D eigenvalue weighted by Gasteiger charge is -2.39. The molecule has 2 fully saturated rings. The standard InChI is InChI=1S/C16H22N2OS/c1-12-16(13-5-3-2-4-6-13)18(9-10-20-12)11-15(19)17-14-7-8-14/h2-6,12,14,16H,7-11H2,1H3,(H,17,19)/t12-,16+/m0/s1. The van der Waals surface area contributed by atoms with E-state index in [4.69, 9.17) is 0 Å². The van der Waals surface area contributed by atoms with Gasteiger partial charge in [-0.15, -0.1) is 0 Å². The van der Waals surface area contributed by atoms with Crippen LogP contribution in [0.1, 0.15) is 31.4 Å². The van der Waals surface area contributed by atoms with Crippen molar-refractivity contribution in [3.63, 3.8) is 0 Å². The monoisotopic (exact) mass is 290 g/mol. The number of hydrogen-bond acceptors (Lipinski definition) is 3. The lowest BCUT2D eigenvalue weighted by atomic mass is 10.0. The van der Waals surface area contributed by atoms with Crippen LogP contribution >= 0.6 is 11.8 Å². The Hall–Kier alpha value is -1.00. The van der Waals surface area contributed by atoms with Crippen molar-refractivity contribution in [2.24, 2.45) is 0 Å². The van der Waals surface area contributed by atoms with Crippen LogP contribution in [0.3, 0.4) is 0 Å². The van der Waals surface area contributed by atoms with Crippen molar-refractivity contribution in [3.8, 4) is 0 Å². The normalized spacial score (nSPS) is 27.2. The van der Waals surface area contributed by atoms with Gasteiger partial charge in [0.05, 0.1) is 6.54 Å². The minimum Gasteiger partial charge on any atom is -0.352 e. The highest BCUT2D eigenvalue weighted by atomic mass is 32.2. The first-order valence-corrected chi connectivity index (χ1v) is 8.49. The van der Waals surface area contributed by atoms with Gasteiger partial charge in [-0.3, -0.25) is 9.69 Å². The molecule has 2 aliphatic rings. The Labute approximate surface area is 125 Å². The molecule has 1 N–H and O–H groups in total. The van der Waals surface area contributed by atoms with Gasteiger partial charge in [0.25, 0.3) is 0 Å². The Morgan fingerprint density at radius 1 is 1.35 bits per heavy atom. The number of rotatable bonds is 4. The molecule has 0 spiro atoms. The summed E-state index contributed by atoms with van der Waals surface area (Å²) < 4.78 is 0. The zero-order valence-electron chi connectivity index (χ0n) is 11.9. The Morgan fingerprint density at radius 2 is 2.10 bits per heavy atom. The number of benzene rings is 1. The summed E-state index contributed by atoms with van der Waals surface area (Å²) in [5, 5.41) is 3.63. The first-order chi connectivity index (χ1) is 9.74. The first kappa shape index (κ1) is 14.0. The maximum absolute atomic E-state index is 12.1. The number of carbonyl (C=O) groups excluding carboxylic acids is 1. The molecule has 0 bridgehead atoms. The largest absolute Gasteiger partial charge is 0.352 e.